The third-order valence-electron chi connectivity index (χ3n) is 3.89. The number of nitrogens with one attached hydrogen (secondary N) is 2. The SMILES string of the molecule is CC(C)CCc1c[nH]c2ccc(Nc3ccc(Cl)cc3)cc12. The number of rotatable bonds is 5. The van der Waals surface area contributed by atoms with Crippen LogP contribution in [-0.4, -0.2) is 4.98 Å². The molecule has 0 radical (unpaired) electrons. The fraction of sp³-hybridized carbons (Fsp3) is 0.263. The Morgan fingerprint density at radius 1 is 1.05 bits per heavy atom. The molecule has 0 saturated carbocycles. The van der Waals surface area contributed by atoms with Gasteiger partial charge in [0, 0.05) is 33.5 Å². The number of hydrogen-bond donors (Lipinski definition) is 2. The van der Waals surface area contributed by atoms with Crippen LogP contribution in [0.25, 0.3) is 10.9 Å². The van der Waals surface area contributed by atoms with E-state index in [2.05, 4.69) is 48.5 Å². The molecular formula is C19H21ClN2. The van der Waals surface area contributed by atoms with Gasteiger partial charge in [-0.3, -0.25) is 0 Å². The molecule has 0 aliphatic carbocycles. The van der Waals surface area contributed by atoms with Crippen LogP contribution >= 0.6 is 11.6 Å². The lowest BCUT2D eigenvalue weighted by molar-refractivity contribution is 0.588. The van der Waals surface area contributed by atoms with E-state index in [1.807, 2.05) is 24.3 Å². The predicted molar refractivity (Wildman–Crippen MR) is 96.2 cm³/mol. The second-order valence-corrected chi connectivity index (χ2v) is 6.58. The summed E-state index contributed by atoms with van der Waals surface area (Å²) in [6, 6.07) is 14.2. The maximum Gasteiger partial charge on any atom is 0.0458 e. The number of benzene rings is 2. The van der Waals surface area contributed by atoms with Crippen molar-refractivity contribution in [1.82, 2.24) is 4.98 Å². The van der Waals surface area contributed by atoms with Crippen molar-refractivity contribution in [3.05, 3.63) is 59.2 Å². The molecular weight excluding hydrogens is 292 g/mol. The third kappa shape index (κ3) is 3.45. The largest absolute Gasteiger partial charge is 0.361 e. The zero-order valence-electron chi connectivity index (χ0n) is 13.0. The Balaban J connectivity index is 1.84. The first-order valence-electron chi connectivity index (χ1n) is 7.74. The van der Waals surface area contributed by atoms with Crippen LogP contribution in [0.15, 0.2) is 48.7 Å². The first-order valence-corrected chi connectivity index (χ1v) is 8.12. The number of anilines is 2. The number of hydrogen-bond acceptors (Lipinski definition) is 1. The van der Waals surface area contributed by atoms with Crippen molar-refractivity contribution < 1.29 is 0 Å². The smallest absolute Gasteiger partial charge is 0.0458 e. The van der Waals surface area contributed by atoms with Gasteiger partial charge in [-0.05, 0) is 66.8 Å². The molecule has 0 atom stereocenters. The van der Waals surface area contributed by atoms with Gasteiger partial charge in [0.15, 0.2) is 0 Å². The monoisotopic (exact) mass is 312 g/mol. The van der Waals surface area contributed by atoms with Crippen LogP contribution in [0, 0.1) is 5.92 Å². The molecule has 0 bridgehead atoms. The van der Waals surface area contributed by atoms with E-state index in [1.165, 1.54) is 22.9 Å². The van der Waals surface area contributed by atoms with E-state index >= 15 is 0 Å². The van der Waals surface area contributed by atoms with Crippen LogP contribution in [0.5, 0.6) is 0 Å². The van der Waals surface area contributed by atoms with E-state index in [-0.39, 0.29) is 0 Å². The average molecular weight is 313 g/mol. The molecule has 2 nitrogen and oxygen atoms in total. The number of fused-ring (bicyclic) bond motifs is 1. The molecule has 0 amide bonds. The Labute approximate surface area is 136 Å². The molecule has 3 heteroatoms. The van der Waals surface area contributed by atoms with E-state index in [1.54, 1.807) is 0 Å². The molecule has 3 aromatic rings. The second kappa shape index (κ2) is 6.45. The van der Waals surface area contributed by atoms with E-state index in [0.717, 1.165) is 28.7 Å². The van der Waals surface area contributed by atoms with Gasteiger partial charge in [-0.2, -0.15) is 0 Å². The highest BCUT2D eigenvalue weighted by atomic mass is 35.5. The summed E-state index contributed by atoms with van der Waals surface area (Å²) < 4.78 is 0. The van der Waals surface area contributed by atoms with Crippen LogP contribution in [-0.2, 0) is 6.42 Å². The van der Waals surface area contributed by atoms with Crippen molar-refractivity contribution in [2.75, 3.05) is 5.32 Å². The molecule has 0 fully saturated rings. The van der Waals surface area contributed by atoms with E-state index in [0.29, 0.717) is 0 Å². The molecule has 0 unspecified atom stereocenters. The van der Waals surface area contributed by atoms with Gasteiger partial charge in [-0.1, -0.05) is 25.4 Å². The van der Waals surface area contributed by atoms with Crippen molar-refractivity contribution in [2.45, 2.75) is 26.7 Å². The quantitative estimate of drug-likeness (QED) is 0.580. The Kier molecular flexibility index (Phi) is 4.39. The summed E-state index contributed by atoms with van der Waals surface area (Å²) in [6.07, 6.45) is 4.46. The minimum Gasteiger partial charge on any atom is -0.361 e. The van der Waals surface area contributed by atoms with Crippen LogP contribution in [0.2, 0.25) is 5.02 Å². The maximum atomic E-state index is 5.93. The highest BCUT2D eigenvalue weighted by molar-refractivity contribution is 6.30. The highest BCUT2D eigenvalue weighted by Gasteiger charge is 2.06. The van der Waals surface area contributed by atoms with E-state index in [9.17, 15) is 0 Å². The molecule has 3 rings (SSSR count). The summed E-state index contributed by atoms with van der Waals surface area (Å²) in [7, 11) is 0. The summed E-state index contributed by atoms with van der Waals surface area (Å²) in [6.45, 7) is 4.53. The highest BCUT2D eigenvalue weighted by Crippen LogP contribution is 2.26. The van der Waals surface area contributed by atoms with Crippen molar-refractivity contribution in [1.29, 1.82) is 0 Å². The fourth-order valence-electron chi connectivity index (χ4n) is 2.61. The van der Waals surface area contributed by atoms with Crippen molar-refractivity contribution in [3.8, 4) is 0 Å². The molecule has 1 aromatic heterocycles. The normalized spacial score (nSPS) is 11.3. The first kappa shape index (κ1) is 15.0. The molecule has 0 aliphatic heterocycles. The van der Waals surface area contributed by atoms with Gasteiger partial charge < -0.3 is 10.3 Å². The van der Waals surface area contributed by atoms with Crippen LogP contribution in [0.3, 0.4) is 0 Å². The summed E-state index contributed by atoms with van der Waals surface area (Å²) in [5.41, 5.74) is 4.73. The van der Waals surface area contributed by atoms with E-state index < -0.39 is 0 Å². The molecule has 0 aliphatic rings. The van der Waals surface area contributed by atoms with Crippen molar-refractivity contribution in [2.24, 2.45) is 5.92 Å². The van der Waals surface area contributed by atoms with Gasteiger partial charge >= 0.3 is 0 Å². The number of aromatic nitrogens is 1. The summed E-state index contributed by atoms with van der Waals surface area (Å²) in [5.74, 6) is 0.723. The Morgan fingerprint density at radius 3 is 2.50 bits per heavy atom. The molecule has 22 heavy (non-hydrogen) atoms. The van der Waals surface area contributed by atoms with Crippen LogP contribution in [0.1, 0.15) is 25.8 Å². The first-order chi connectivity index (χ1) is 10.6. The van der Waals surface area contributed by atoms with Gasteiger partial charge in [-0.25, -0.2) is 0 Å². The zero-order chi connectivity index (χ0) is 15.5. The van der Waals surface area contributed by atoms with Gasteiger partial charge in [-0.15, -0.1) is 0 Å². The molecule has 114 valence electrons. The van der Waals surface area contributed by atoms with Gasteiger partial charge in [0.05, 0.1) is 0 Å². The number of halogens is 1. The minimum absolute atomic E-state index is 0.723. The Hall–Kier alpha value is -1.93. The zero-order valence-corrected chi connectivity index (χ0v) is 13.7. The second-order valence-electron chi connectivity index (χ2n) is 6.14. The maximum absolute atomic E-state index is 5.93. The van der Waals surface area contributed by atoms with Crippen molar-refractivity contribution in [3.63, 3.8) is 0 Å². The number of aryl methyl sites for hydroxylation is 1. The lowest BCUT2D eigenvalue weighted by Crippen LogP contribution is -1.92. The molecule has 2 aromatic carbocycles. The Morgan fingerprint density at radius 2 is 1.77 bits per heavy atom. The lowest BCUT2D eigenvalue weighted by Gasteiger charge is -2.08. The topological polar surface area (TPSA) is 27.8 Å². The summed E-state index contributed by atoms with van der Waals surface area (Å²) in [4.78, 5) is 3.37. The predicted octanol–water partition coefficient (Wildman–Crippen LogP) is 6.15. The minimum atomic E-state index is 0.723. The standard InChI is InChI=1S/C19H21ClN2/c1-13(2)3-4-14-12-21-19-10-9-17(11-18(14)19)22-16-7-5-15(20)6-8-16/h5-13,21-22H,3-4H2,1-2H3. The molecule has 2 N–H and O–H groups in total. The average Bonchev–Trinajstić information content (AvgIpc) is 2.90. The van der Waals surface area contributed by atoms with Gasteiger partial charge in [0.25, 0.3) is 0 Å². The Bertz CT molecular complexity index is 757. The molecule has 0 spiro atoms. The fourth-order valence-corrected chi connectivity index (χ4v) is 2.73. The summed E-state index contributed by atoms with van der Waals surface area (Å²) >= 11 is 5.93. The van der Waals surface area contributed by atoms with Crippen LogP contribution < -0.4 is 5.32 Å². The third-order valence-corrected chi connectivity index (χ3v) is 4.14. The molecule has 1 heterocycles. The van der Waals surface area contributed by atoms with Crippen molar-refractivity contribution >= 4 is 33.9 Å². The lowest BCUT2D eigenvalue weighted by atomic mass is 10.0. The summed E-state index contributed by atoms with van der Waals surface area (Å²) in [5, 5.41) is 5.49. The van der Waals surface area contributed by atoms with Crippen LogP contribution in [0.4, 0.5) is 11.4 Å². The molecule has 0 saturated heterocycles. The van der Waals surface area contributed by atoms with E-state index in [4.69, 9.17) is 11.6 Å². The number of H-pyrrole nitrogens is 1. The van der Waals surface area contributed by atoms with Gasteiger partial charge in [0.1, 0.15) is 0 Å². The number of aromatic amines is 1. The van der Waals surface area contributed by atoms with Gasteiger partial charge in [0.2, 0.25) is 0 Å².